The first-order valence-corrected chi connectivity index (χ1v) is 11.1. The fraction of sp³-hybridized carbons (Fsp3) is 0.292. The largest absolute Gasteiger partial charge is 0.352 e. The highest BCUT2D eigenvalue weighted by molar-refractivity contribution is 7.13. The van der Waals surface area contributed by atoms with Crippen molar-refractivity contribution in [3.05, 3.63) is 76.3 Å². The maximum Gasteiger partial charge on any atom is 0.251 e. The number of nitrogens with one attached hydrogen (secondary N) is 2. The van der Waals surface area contributed by atoms with Gasteiger partial charge in [0.05, 0.1) is 12.1 Å². The fourth-order valence-corrected chi connectivity index (χ4v) is 3.80. The van der Waals surface area contributed by atoms with E-state index in [1.54, 1.807) is 23.5 Å². The number of unbranched alkanes of at least 4 members (excludes halogenated alkanes) is 1. The second kappa shape index (κ2) is 10.7. The second-order valence-electron chi connectivity index (χ2n) is 7.27. The zero-order chi connectivity index (χ0) is 21.3. The molecule has 3 aromatic rings. The molecule has 0 radical (unpaired) electrons. The Hall–Kier alpha value is -2.99. The van der Waals surface area contributed by atoms with Crippen LogP contribution in [0.5, 0.6) is 0 Å². The molecule has 156 valence electrons. The minimum absolute atomic E-state index is 0.0630. The minimum atomic E-state index is -0.0718. The van der Waals surface area contributed by atoms with Gasteiger partial charge < -0.3 is 10.6 Å². The molecule has 2 aromatic carbocycles. The van der Waals surface area contributed by atoms with Gasteiger partial charge >= 0.3 is 0 Å². The normalized spacial score (nSPS) is 10.6. The van der Waals surface area contributed by atoms with Gasteiger partial charge in [0.1, 0.15) is 5.01 Å². The number of carbonyl (C=O) groups excluding carboxylic acids is 2. The van der Waals surface area contributed by atoms with E-state index in [1.807, 2.05) is 29.6 Å². The van der Waals surface area contributed by atoms with Crippen LogP contribution in [0.3, 0.4) is 0 Å². The van der Waals surface area contributed by atoms with Crippen molar-refractivity contribution < 1.29 is 9.59 Å². The summed E-state index contributed by atoms with van der Waals surface area (Å²) in [7, 11) is 0. The van der Waals surface area contributed by atoms with Crippen LogP contribution in [0.2, 0.25) is 0 Å². The standard InChI is InChI=1S/C24H27N3O2S/c1-3-4-12-25-23(29)19-10-8-18(9-11-19)15-26-22(28)14-21-16-30-24(27-21)20-7-5-6-17(2)13-20/h5-11,13,16H,3-4,12,14-15H2,1-2H3,(H,25,29)(H,26,28). The molecule has 3 rings (SSSR count). The highest BCUT2D eigenvalue weighted by Crippen LogP contribution is 2.24. The summed E-state index contributed by atoms with van der Waals surface area (Å²) >= 11 is 1.55. The van der Waals surface area contributed by atoms with Crippen molar-refractivity contribution in [2.75, 3.05) is 6.54 Å². The molecular weight excluding hydrogens is 394 g/mol. The SMILES string of the molecule is CCCCNC(=O)c1ccc(CNC(=O)Cc2csc(-c3cccc(C)c3)n2)cc1. The Morgan fingerprint density at radius 1 is 1.07 bits per heavy atom. The lowest BCUT2D eigenvalue weighted by Gasteiger charge is -2.07. The van der Waals surface area contributed by atoms with Crippen molar-refractivity contribution in [1.29, 1.82) is 0 Å². The Labute approximate surface area is 181 Å². The molecule has 0 saturated heterocycles. The van der Waals surface area contributed by atoms with Crippen molar-refractivity contribution in [2.45, 2.75) is 39.7 Å². The van der Waals surface area contributed by atoms with Gasteiger partial charge in [-0.25, -0.2) is 4.98 Å². The third-order valence-corrected chi connectivity index (χ3v) is 5.62. The van der Waals surface area contributed by atoms with Gasteiger partial charge in [0.15, 0.2) is 0 Å². The highest BCUT2D eigenvalue weighted by atomic mass is 32.1. The monoisotopic (exact) mass is 421 g/mol. The quantitative estimate of drug-likeness (QED) is 0.500. The van der Waals surface area contributed by atoms with Crippen molar-refractivity contribution >= 4 is 23.2 Å². The topological polar surface area (TPSA) is 71.1 Å². The molecule has 0 fully saturated rings. The number of benzene rings is 2. The van der Waals surface area contributed by atoms with Gasteiger partial charge in [-0.3, -0.25) is 9.59 Å². The van der Waals surface area contributed by atoms with Crippen LogP contribution in [0.1, 0.15) is 46.9 Å². The minimum Gasteiger partial charge on any atom is -0.352 e. The molecular formula is C24H27N3O2S. The lowest BCUT2D eigenvalue weighted by atomic mass is 10.1. The molecule has 0 saturated carbocycles. The van der Waals surface area contributed by atoms with E-state index < -0.39 is 0 Å². The van der Waals surface area contributed by atoms with Crippen LogP contribution in [0.15, 0.2) is 53.9 Å². The van der Waals surface area contributed by atoms with Gasteiger partial charge in [-0.2, -0.15) is 0 Å². The maximum atomic E-state index is 12.3. The number of hydrogen-bond donors (Lipinski definition) is 2. The molecule has 30 heavy (non-hydrogen) atoms. The average Bonchev–Trinajstić information content (AvgIpc) is 3.21. The summed E-state index contributed by atoms with van der Waals surface area (Å²) in [6.45, 7) is 5.25. The molecule has 0 bridgehead atoms. The summed E-state index contributed by atoms with van der Waals surface area (Å²) in [5.74, 6) is -0.135. The van der Waals surface area contributed by atoms with E-state index in [9.17, 15) is 9.59 Å². The molecule has 1 heterocycles. The Balaban J connectivity index is 1.48. The number of aromatic nitrogens is 1. The Morgan fingerprint density at radius 3 is 2.60 bits per heavy atom. The van der Waals surface area contributed by atoms with Crippen molar-refractivity contribution in [1.82, 2.24) is 15.6 Å². The molecule has 6 heteroatoms. The number of aryl methyl sites for hydroxylation is 1. The van der Waals surface area contributed by atoms with Gasteiger partial charge in [-0.05, 0) is 37.1 Å². The zero-order valence-corrected chi connectivity index (χ0v) is 18.2. The maximum absolute atomic E-state index is 12.3. The van der Waals surface area contributed by atoms with Gasteiger partial charge in [-0.1, -0.05) is 49.2 Å². The zero-order valence-electron chi connectivity index (χ0n) is 17.4. The molecule has 2 N–H and O–H groups in total. The van der Waals surface area contributed by atoms with Gasteiger partial charge in [0, 0.05) is 29.6 Å². The predicted octanol–water partition coefficient (Wildman–Crippen LogP) is 4.51. The Bertz CT molecular complexity index is 996. The van der Waals surface area contributed by atoms with Crippen LogP contribution in [-0.2, 0) is 17.8 Å². The summed E-state index contributed by atoms with van der Waals surface area (Å²) in [6.07, 6.45) is 2.27. The van der Waals surface area contributed by atoms with Gasteiger partial charge in [-0.15, -0.1) is 11.3 Å². The summed E-state index contributed by atoms with van der Waals surface area (Å²) in [5.41, 5.74) is 4.62. The smallest absolute Gasteiger partial charge is 0.251 e. The van der Waals surface area contributed by atoms with E-state index in [2.05, 4.69) is 41.6 Å². The lowest BCUT2D eigenvalue weighted by Crippen LogP contribution is -2.25. The number of thiazole rings is 1. The summed E-state index contributed by atoms with van der Waals surface area (Å²) in [5, 5.41) is 8.68. The molecule has 0 unspecified atom stereocenters. The average molecular weight is 422 g/mol. The van der Waals surface area contributed by atoms with E-state index >= 15 is 0 Å². The van der Waals surface area contributed by atoms with E-state index in [1.165, 1.54) is 5.56 Å². The van der Waals surface area contributed by atoms with Crippen molar-refractivity contribution in [3.63, 3.8) is 0 Å². The van der Waals surface area contributed by atoms with Crippen LogP contribution in [-0.4, -0.2) is 23.3 Å². The molecule has 0 aliphatic heterocycles. The molecule has 0 atom stereocenters. The van der Waals surface area contributed by atoms with E-state index in [0.717, 1.165) is 34.7 Å². The Morgan fingerprint density at radius 2 is 1.87 bits per heavy atom. The third-order valence-electron chi connectivity index (χ3n) is 4.68. The molecule has 5 nitrogen and oxygen atoms in total. The van der Waals surface area contributed by atoms with E-state index in [-0.39, 0.29) is 18.2 Å². The first-order chi connectivity index (χ1) is 14.5. The molecule has 0 aliphatic carbocycles. The summed E-state index contributed by atoms with van der Waals surface area (Å²) < 4.78 is 0. The van der Waals surface area contributed by atoms with Crippen LogP contribution >= 0.6 is 11.3 Å². The molecule has 0 aliphatic rings. The van der Waals surface area contributed by atoms with Crippen LogP contribution in [0.4, 0.5) is 0 Å². The number of amides is 2. The first kappa shape index (κ1) is 21.7. The van der Waals surface area contributed by atoms with Gasteiger partial charge in [0.25, 0.3) is 5.91 Å². The lowest BCUT2D eigenvalue weighted by molar-refractivity contribution is -0.120. The highest BCUT2D eigenvalue weighted by Gasteiger charge is 2.10. The fourth-order valence-electron chi connectivity index (χ4n) is 2.98. The molecule has 1 aromatic heterocycles. The van der Waals surface area contributed by atoms with E-state index in [0.29, 0.717) is 18.7 Å². The van der Waals surface area contributed by atoms with E-state index in [4.69, 9.17) is 0 Å². The van der Waals surface area contributed by atoms with Gasteiger partial charge in [0.2, 0.25) is 5.91 Å². The number of rotatable bonds is 9. The molecule has 2 amide bonds. The number of hydrogen-bond acceptors (Lipinski definition) is 4. The number of nitrogens with zero attached hydrogens (tertiary/aromatic N) is 1. The van der Waals surface area contributed by atoms with Crippen molar-refractivity contribution in [3.8, 4) is 10.6 Å². The summed E-state index contributed by atoms with van der Waals surface area (Å²) in [6, 6.07) is 15.5. The molecule has 0 spiro atoms. The van der Waals surface area contributed by atoms with Crippen LogP contribution in [0.25, 0.3) is 10.6 Å². The Kier molecular flexibility index (Phi) is 7.74. The second-order valence-corrected chi connectivity index (χ2v) is 8.13. The summed E-state index contributed by atoms with van der Waals surface area (Å²) in [4.78, 5) is 28.9. The van der Waals surface area contributed by atoms with Crippen LogP contribution in [0, 0.1) is 6.92 Å². The number of carbonyl (C=O) groups is 2. The first-order valence-electron chi connectivity index (χ1n) is 10.2. The van der Waals surface area contributed by atoms with Crippen molar-refractivity contribution in [2.24, 2.45) is 0 Å². The predicted molar refractivity (Wildman–Crippen MR) is 122 cm³/mol. The van der Waals surface area contributed by atoms with Crippen LogP contribution < -0.4 is 10.6 Å². The third kappa shape index (κ3) is 6.26.